The van der Waals surface area contributed by atoms with E-state index in [1.165, 1.54) is 30.6 Å². The zero-order chi connectivity index (χ0) is 22.9. The molecule has 7 nitrogen and oxygen atoms in total. The van der Waals surface area contributed by atoms with Crippen LogP contribution in [-0.4, -0.2) is 60.6 Å². The van der Waals surface area contributed by atoms with Crippen molar-refractivity contribution in [2.45, 2.75) is 31.8 Å². The molecule has 32 heavy (non-hydrogen) atoms. The SMILES string of the molecule is COC(=O)C1=C(CN2CCOCC2(C)C)NC(c2nccs2)=NC1(C)c1ccc(F)cc1. The molecule has 1 fully saturated rings. The molecule has 1 aromatic carbocycles. The molecule has 170 valence electrons. The summed E-state index contributed by atoms with van der Waals surface area (Å²) in [6, 6.07) is 6.06. The molecule has 9 heteroatoms. The van der Waals surface area contributed by atoms with Crippen LogP contribution < -0.4 is 5.32 Å². The summed E-state index contributed by atoms with van der Waals surface area (Å²) in [7, 11) is 1.36. The third-order valence-corrected chi connectivity index (χ3v) is 6.77. The molecule has 1 N–H and O–H groups in total. The molecule has 1 unspecified atom stereocenters. The number of hydrogen-bond acceptors (Lipinski definition) is 8. The zero-order valence-electron chi connectivity index (χ0n) is 18.6. The van der Waals surface area contributed by atoms with E-state index in [9.17, 15) is 9.18 Å². The zero-order valence-corrected chi connectivity index (χ0v) is 19.5. The maximum absolute atomic E-state index is 13.7. The lowest BCUT2D eigenvalue weighted by molar-refractivity contribution is -0.137. The van der Waals surface area contributed by atoms with E-state index in [1.54, 1.807) is 18.3 Å². The third-order valence-electron chi connectivity index (χ3n) is 5.99. The van der Waals surface area contributed by atoms with Gasteiger partial charge in [-0.1, -0.05) is 12.1 Å². The fourth-order valence-electron chi connectivity index (χ4n) is 4.15. The van der Waals surface area contributed by atoms with E-state index in [0.717, 1.165) is 6.54 Å². The lowest BCUT2D eigenvalue weighted by Gasteiger charge is -2.44. The fourth-order valence-corrected chi connectivity index (χ4v) is 4.73. The highest BCUT2D eigenvalue weighted by Gasteiger charge is 2.43. The molecular weight excluding hydrogens is 431 g/mol. The molecule has 0 spiro atoms. The van der Waals surface area contributed by atoms with Crippen molar-refractivity contribution in [1.29, 1.82) is 0 Å². The van der Waals surface area contributed by atoms with Gasteiger partial charge in [-0.2, -0.15) is 0 Å². The maximum Gasteiger partial charge on any atom is 0.338 e. The Morgan fingerprint density at radius 1 is 1.31 bits per heavy atom. The second-order valence-electron chi connectivity index (χ2n) is 8.63. The van der Waals surface area contributed by atoms with Crippen molar-refractivity contribution in [1.82, 2.24) is 15.2 Å². The summed E-state index contributed by atoms with van der Waals surface area (Å²) in [5.74, 6) is -0.262. The first-order valence-electron chi connectivity index (χ1n) is 10.4. The van der Waals surface area contributed by atoms with E-state index >= 15 is 0 Å². The molecule has 0 amide bonds. The van der Waals surface area contributed by atoms with Crippen molar-refractivity contribution in [3.63, 3.8) is 0 Å². The Morgan fingerprint density at radius 3 is 2.69 bits per heavy atom. The number of aliphatic imine (C=N–C) groups is 1. The number of thiazole rings is 1. The maximum atomic E-state index is 13.7. The van der Waals surface area contributed by atoms with Gasteiger partial charge in [0.15, 0.2) is 10.8 Å². The number of methoxy groups -OCH3 is 1. The second-order valence-corrected chi connectivity index (χ2v) is 9.53. The highest BCUT2D eigenvalue weighted by Crippen LogP contribution is 2.39. The second kappa shape index (κ2) is 8.73. The van der Waals surface area contributed by atoms with Crippen LogP contribution >= 0.6 is 11.3 Å². The molecule has 0 radical (unpaired) electrons. The molecule has 0 aliphatic carbocycles. The smallest absolute Gasteiger partial charge is 0.338 e. The normalized spacial score (nSPS) is 23.5. The molecule has 1 aromatic heterocycles. The number of morpholine rings is 1. The number of hydrogen-bond donors (Lipinski definition) is 1. The number of rotatable bonds is 5. The number of carbonyl (C=O) groups is 1. The van der Waals surface area contributed by atoms with Crippen molar-refractivity contribution in [3.8, 4) is 0 Å². The molecule has 0 bridgehead atoms. The Hall–Kier alpha value is -2.62. The van der Waals surface area contributed by atoms with Gasteiger partial charge in [-0.15, -0.1) is 11.3 Å². The van der Waals surface area contributed by atoms with Gasteiger partial charge in [0.05, 0.1) is 25.9 Å². The minimum Gasteiger partial charge on any atom is -0.466 e. The van der Waals surface area contributed by atoms with Gasteiger partial charge in [0, 0.05) is 35.9 Å². The highest BCUT2D eigenvalue weighted by molar-refractivity contribution is 7.11. The number of aromatic nitrogens is 1. The van der Waals surface area contributed by atoms with Crippen LogP contribution in [0.15, 0.2) is 52.1 Å². The Balaban J connectivity index is 1.87. The van der Waals surface area contributed by atoms with Crippen molar-refractivity contribution < 1.29 is 18.7 Å². The summed E-state index contributed by atoms with van der Waals surface area (Å²) in [6.07, 6.45) is 1.71. The first kappa shape index (κ1) is 22.6. The average Bonchev–Trinajstić information content (AvgIpc) is 3.30. The highest BCUT2D eigenvalue weighted by atomic mass is 32.1. The molecule has 4 rings (SSSR count). The number of esters is 1. The van der Waals surface area contributed by atoms with E-state index in [2.05, 4.69) is 29.0 Å². The number of carbonyl (C=O) groups excluding carboxylic acids is 1. The van der Waals surface area contributed by atoms with Crippen molar-refractivity contribution in [2.75, 3.05) is 33.4 Å². The molecule has 2 aliphatic rings. The van der Waals surface area contributed by atoms with Crippen LogP contribution in [0.3, 0.4) is 0 Å². The van der Waals surface area contributed by atoms with Crippen LogP contribution in [0.1, 0.15) is 31.3 Å². The van der Waals surface area contributed by atoms with Crippen molar-refractivity contribution in [3.05, 3.63) is 63.5 Å². The lowest BCUT2D eigenvalue weighted by Crippen LogP contribution is -2.55. The largest absolute Gasteiger partial charge is 0.466 e. The Kier molecular flexibility index (Phi) is 6.15. The first-order chi connectivity index (χ1) is 15.2. The van der Waals surface area contributed by atoms with Gasteiger partial charge in [-0.25, -0.2) is 19.2 Å². The molecule has 0 saturated carbocycles. The molecule has 2 aliphatic heterocycles. The van der Waals surface area contributed by atoms with Crippen molar-refractivity contribution >= 4 is 23.1 Å². The van der Waals surface area contributed by atoms with Gasteiger partial charge in [-0.05, 0) is 38.5 Å². The summed E-state index contributed by atoms with van der Waals surface area (Å²) < 4.78 is 24.5. The molecule has 1 atom stereocenters. The van der Waals surface area contributed by atoms with Crippen LogP contribution in [0.2, 0.25) is 0 Å². The monoisotopic (exact) mass is 458 g/mol. The number of ether oxygens (including phenoxy) is 2. The molecule has 2 aromatic rings. The van der Waals surface area contributed by atoms with E-state index < -0.39 is 11.5 Å². The summed E-state index contributed by atoms with van der Waals surface area (Å²) in [6.45, 7) is 8.49. The van der Waals surface area contributed by atoms with Gasteiger partial charge < -0.3 is 14.8 Å². The number of amidine groups is 1. The van der Waals surface area contributed by atoms with Gasteiger partial charge in [0.2, 0.25) is 0 Å². The predicted molar refractivity (Wildman–Crippen MR) is 121 cm³/mol. The Bertz CT molecular complexity index is 1050. The lowest BCUT2D eigenvalue weighted by atomic mass is 9.82. The van der Waals surface area contributed by atoms with Crippen LogP contribution in [0.25, 0.3) is 0 Å². The number of nitrogens with one attached hydrogen (secondary N) is 1. The minimum atomic E-state index is -1.08. The first-order valence-corrected chi connectivity index (χ1v) is 11.3. The van der Waals surface area contributed by atoms with E-state index in [0.29, 0.717) is 47.4 Å². The number of nitrogens with zero attached hydrogens (tertiary/aromatic N) is 3. The van der Waals surface area contributed by atoms with Crippen LogP contribution in [0, 0.1) is 5.82 Å². The molecule has 1 saturated heterocycles. The topological polar surface area (TPSA) is 76.0 Å². The van der Waals surface area contributed by atoms with Gasteiger partial charge >= 0.3 is 5.97 Å². The summed E-state index contributed by atoms with van der Waals surface area (Å²) in [5.41, 5.74) is 0.483. The van der Waals surface area contributed by atoms with E-state index in [4.69, 9.17) is 14.5 Å². The summed E-state index contributed by atoms with van der Waals surface area (Å²) >= 11 is 1.45. The van der Waals surface area contributed by atoms with Gasteiger partial charge in [0.25, 0.3) is 0 Å². The minimum absolute atomic E-state index is 0.212. The van der Waals surface area contributed by atoms with E-state index in [-0.39, 0.29) is 11.4 Å². The average molecular weight is 459 g/mol. The number of halogens is 1. The number of benzene rings is 1. The van der Waals surface area contributed by atoms with Crippen LogP contribution in [0.4, 0.5) is 4.39 Å². The van der Waals surface area contributed by atoms with Gasteiger partial charge in [0.1, 0.15) is 11.4 Å². The Morgan fingerprint density at radius 2 is 2.06 bits per heavy atom. The van der Waals surface area contributed by atoms with E-state index in [1.807, 2.05) is 12.3 Å². The fraction of sp³-hybridized carbons (Fsp3) is 0.435. The van der Waals surface area contributed by atoms with Gasteiger partial charge in [-0.3, -0.25) is 4.90 Å². The quantitative estimate of drug-likeness (QED) is 0.694. The molecular formula is C23H27FN4O3S. The summed E-state index contributed by atoms with van der Waals surface area (Å²) in [4.78, 5) is 24.7. The Labute approximate surface area is 191 Å². The standard InChI is InChI=1S/C23H27FN4O3S/c1-22(2)14-31-11-10-28(22)13-17-18(21(29)30-4)23(3,15-5-7-16(24)8-6-15)27-19(26-17)20-25-9-12-32-20/h5-9,12H,10-11,13-14H2,1-4H3,(H,26,27). The predicted octanol–water partition coefficient (Wildman–Crippen LogP) is 3.09. The van der Waals surface area contributed by atoms with Crippen LogP contribution in [-0.2, 0) is 19.8 Å². The third kappa shape index (κ3) is 4.20. The van der Waals surface area contributed by atoms with Crippen LogP contribution in [0.5, 0.6) is 0 Å². The summed E-state index contributed by atoms with van der Waals surface area (Å²) in [5, 5.41) is 5.95. The van der Waals surface area contributed by atoms with Crippen molar-refractivity contribution in [2.24, 2.45) is 4.99 Å². The molecule has 3 heterocycles.